The molecule has 2 bridgehead atoms. The molecule has 0 aromatic rings. The quantitative estimate of drug-likeness (QED) is 0.733. The van der Waals surface area contributed by atoms with Gasteiger partial charge in [0.05, 0.1) is 0 Å². The Morgan fingerprint density at radius 1 is 1.24 bits per heavy atom. The number of hydrogen-bond donors (Lipinski definition) is 0. The molecule has 2 saturated carbocycles. The zero-order chi connectivity index (χ0) is 12.0. The van der Waals surface area contributed by atoms with E-state index < -0.39 is 0 Å². The van der Waals surface area contributed by atoms with Gasteiger partial charge in [0, 0.05) is 31.5 Å². The molecule has 3 rings (SSSR count). The zero-order valence-corrected chi connectivity index (χ0v) is 11.2. The fourth-order valence-corrected chi connectivity index (χ4v) is 4.48. The molecular weight excluding hydrogens is 210 g/mol. The average molecular weight is 235 g/mol. The van der Waals surface area contributed by atoms with Crippen molar-refractivity contribution in [3.63, 3.8) is 0 Å². The van der Waals surface area contributed by atoms with Gasteiger partial charge in [0.2, 0.25) is 0 Å². The maximum atomic E-state index is 12.2. The number of carbonyl (C=O) groups excluding carboxylic acids is 1. The highest BCUT2D eigenvalue weighted by molar-refractivity contribution is 5.82. The Morgan fingerprint density at radius 2 is 2.06 bits per heavy atom. The van der Waals surface area contributed by atoms with Gasteiger partial charge in [-0.05, 0) is 43.4 Å². The van der Waals surface area contributed by atoms with Crippen LogP contribution in [0.1, 0.15) is 46.0 Å². The van der Waals surface area contributed by atoms with E-state index in [-0.39, 0.29) is 0 Å². The van der Waals surface area contributed by atoms with Crippen LogP contribution in [0.4, 0.5) is 0 Å². The summed E-state index contributed by atoms with van der Waals surface area (Å²) in [5.74, 6) is 3.05. The van der Waals surface area contributed by atoms with Crippen LogP contribution in [0.25, 0.3) is 0 Å². The lowest BCUT2D eigenvalue weighted by molar-refractivity contribution is -0.128. The third-order valence-electron chi connectivity index (χ3n) is 5.38. The van der Waals surface area contributed by atoms with E-state index in [9.17, 15) is 4.79 Å². The first kappa shape index (κ1) is 11.7. The number of carbonyl (C=O) groups is 1. The van der Waals surface area contributed by atoms with Gasteiger partial charge in [0.15, 0.2) is 0 Å². The molecular formula is C15H25NO. The van der Waals surface area contributed by atoms with E-state index in [2.05, 4.69) is 18.7 Å². The number of likely N-dealkylation sites (tertiary alicyclic amines) is 1. The minimum atomic E-state index is 0.338. The Balaban J connectivity index is 1.62. The summed E-state index contributed by atoms with van der Waals surface area (Å²) in [6.07, 6.45) is 6.31. The number of rotatable bonds is 2. The summed E-state index contributed by atoms with van der Waals surface area (Å²) < 4.78 is 0. The number of nitrogens with zero attached hydrogens (tertiary/aromatic N) is 1. The van der Waals surface area contributed by atoms with Crippen LogP contribution in [0.5, 0.6) is 0 Å². The first-order chi connectivity index (χ1) is 8.13. The lowest BCUT2D eigenvalue weighted by atomic mass is 9.74. The fraction of sp³-hybridized carbons (Fsp3) is 0.933. The Morgan fingerprint density at radius 3 is 2.65 bits per heavy atom. The van der Waals surface area contributed by atoms with E-state index in [0.29, 0.717) is 23.5 Å². The Kier molecular flexibility index (Phi) is 3.02. The van der Waals surface area contributed by atoms with Crippen molar-refractivity contribution in [1.29, 1.82) is 0 Å². The summed E-state index contributed by atoms with van der Waals surface area (Å²) in [4.78, 5) is 14.8. The van der Waals surface area contributed by atoms with Crippen LogP contribution in [-0.4, -0.2) is 29.8 Å². The van der Waals surface area contributed by atoms with Crippen LogP contribution in [0.15, 0.2) is 0 Å². The van der Waals surface area contributed by atoms with Crippen molar-refractivity contribution in [3.8, 4) is 0 Å². The SMILES string of the molecule is CC1CC(=O)C(CN2CC3CCC2C3)C(C)C1. The summed E-state index contributed by atoms with van der Waals surface area (Å²) in [5.41, 5.74) is 0. The van der Waals surface area contributed by atoms with Gasteiger partial charge in [0.25, 0.3) is 0 Å². The van der Waals surface area contributed by atoms with Crippen LogP contribution in [-0.2, 0) is 4.79 Å². The monoisotopic (exact) mass is 235 g/mol. The molecule has 0 radical (unpaired) electrons. The second kappa shape index (κ2) is 4.38. The third-order valence-corrected chi connectivity index (χ3v) is 5.38. The van der Waals surface area contributed by atoms with Crippen molar-refractivity contribution < 1.29 is 4.79 Å². The minimum Gasteiger partial charge on any atom is -0.299 e. The predicted octanol–water partition coefficient (Wildman–Crippen LogP) is 2.72. The number of fused-ring (bicyclic) bond motifs is 2. The fourth-order valence-electron chi connectivity index (χ4n) is 4.48. The molecule has 0 aromatic heterocycles. The molecule has 0 amide bonds. The van der Waals surface area contributed by atoms with E-state index >= 15 is 0 Å². The number of Topliss-reactive ketones (excluding diaryl/α,β-unsaturated/α-hetero) is 1. The highest BCUT2D eigenvalue weighted by Crippen LogP contribution is 2.39. The first-order valence-corrected chi connectivity index (χ1v) is 7.40. The molecule has 0 aromatic carbocycles. The van der Waals surface area contributed by atoms with Gasteiger partial charge in [-0.1, -0.05) is 13.8 Å². The molecule has 2 nitrogen and oxygen atoms in total. The summed E-state index contributed by atoms with van der Waals surface area (Å²) in [6.45, 7) is 6.85. The van der Waals surface area contributed by atoms with Gasteiger partial charge in [-0.3, -0.25) is 9.69 Å². The van der Waals surface area contributed by atoms with Crippen molar-refractivity contribution in [3.05, 3.63) is 0 Å². The van der Waals surface area contributed by atoms with Crippen LogP contribution < -0.4 is 0 Å². The predicted molar refractivity (Wildman–Crippen MR) is 68.8 cm³/mol. The molecule has 1 aliphatic heterocycles. The molecule has 17 heavy (non-hydrogen) atoms. The van der Waals surface area contributed by atoms with E-state index in [1.165, 1.54) is 32.2 Å². The van der Waals surface area contributed by atoms with Gasteiger partial charge in [-0.25, -0.2) is 0 Å². The average Bonchev–Trinajstić information content (AvgIpc) is 2.84. The van der Waals surface area contributed by atoms with Gasteiger partial charge < -0.3 is 0 Å². The van der Waals surface area contributed by atoms with Gasteiger partial charge >= 0.3 is 0 Å². The maximum Gasteiger partial charge on any atom is 0.137 e. The lowest BCUT2D eigenvalue weighted by Crippen LogP contribution is -2.43. The molecule has 2 aliphatic carbocycles. The number of ketones is 1. The van der Waals surface area contributed by atoms with Gasteiger partial charge in [-0.15, -0.1) is 0 Å². The lowest BCUT2D eigenvalue weighted by Gasteiger charge is -2.36. The highest BCUT2D eigenvalue weighted by atomic mass is 16.1. The molecule has 0 spiro atoms. The Hall–Kier alpha value is -0.370. The highest BCUT2D eigenvalue weighted by Gasteiger charge is 2.41. The molecule has 1 saturated heterocycles. The van der Waals surface area contributed by atoms with Crippen molar-refractivity contribution >= 4 is 5.78 Å². The third kappa shape index (κ3) is 2.16. The van der Waals surface area contributed by atoms with Crippen LogP contribution in [0, 0.1) is 23.7 Å². The van der Waals surface area contributed by atoms with Gasteiger partial charge in [0.1, 0.15) is 5.78 Å². The van der Waals surface area contributed by atoms with Crippen molar-refractivity contribution in [1.82, 2.24) is 4.90 Å². The molecule has 5 atom stereocenters. The molecule has 2 heteroatoms. The Labute approximate surface area is 105 Å². The largest absolute Gasteiger partial charge is 0.299 e. The maximum absolute atomic E-state index is 12.2. The van der Waals surface area contributed by atoms with E-state index in [1.54, 1.807) is 0 Å². The second-order valence-corrected chi connectivity index (χ2v) is 6.88. The van der Waals surface area contributed by atoms with E-state index in [0.717, 1.165) is 24.9 Å². The summed E-state index contributed by atoms with van der Waals surface area (Å²) in [5, 5.41) is 0. The van der Waals surface area contributed by atoms with Crippen LogP contribution in [0.3, 0.4) is 0 Å². The number of hydrogen-bond acceptors (Lipinski definition) is 2. The second-order valence-electron chi connectivity index (χ2n) is 6.88. The van der Waals surface area contributed by atoms with E-state index in [4.69, 9.17) is 0 Å². The first-order valence-electron chi connectivity index (χ1n) is 7.40. The van der Waals surface area contributed by atoms with Crippen LogP contribution in [0.2, 0.25) is 0 Å². The zero-order valence-electron chi connectivity index (χ0n) is 11.2. The Bertz CT molecular complexity index is 314. The van der Waals surface area contributed by atoms with Crippen LogP contribution >= 0.6 is 0 Å². The summed E-state index contributed by atoms with van der Waals surface area (Å²) in [6, 6.07) is 0.819. The van der Waals surface area contributed by atoms with Crippen molar-refractivity contribution in [2.75, 3.05) is 13.1 Å². The molecule has 5 unspecified atom stereocenters. The summed E-state index contributed by atoms with van der Waals surface area (Å²) in [7, 11) is 0. The molecule has 3 aliphatic rings. The van der Waals surface area contributed by atoms with E-state index in [1.807, 2.05) is 0 Å². The molecule has 1 heterocycles. The standard InChI is InChI=1S/C15H25NO/c1-10-5-11(2)14(15(17)6-10)9-16-8-12-3-4-13(16)7-12/h10-14H,3-9H2,1-2H3. The van der Waals surface area contributed by atoms with Crippen molar-refractivity contribution in [2.24, 2.45) is 23.7 Å². The minimum absolute atomic E-state index is 0.338. The van der Waals surface area contributed by atoms with Crippen molar-refractivity contribution in [2.45, 2.75) is 52.0 Å². The molecule has 0 N–H and O–H groups in total. The van der Waals surface area contributed by atoms with Gasteiger partial charge in [-0.2, -0.15) is 0 Å². The molecule has 96 valence electrons. The molecule has 3 fully saturated rings. The topological polar surface area (TPSA) is 20.3 Å². The normalized spacial score (nSPS) is 46.7. The number of piperidine rings is 1. The summed E-state index contributed by atoms with van der Waals surface area (Å²) >= 11 is 0. The smallest absolute Gasteiger partial charge is 0.137 e.